The molecular formula is C6H12N4O5. The summed E-state index contributed by atoms with van der Waals surface area (Å²) in [5.41, 5.74) is 13.5. The summed E-state index contributed by atoms with van der Waals surface area (Å²) in [5, 5.41) is 1.58. The molecule has 1 aliphatic heterocycles. The van der Waals surface area contributed by atoms with E-state index in [9.17, 15) is 14.4 Å². The predicted octanol–water partition coefficient (Wildman–Crippen LogP) is -1.79. The number of nitrogens with two attached hydrogens (primary N) is 3. The summed E-state index contributed by atoms with van der Waals surface area (Å²) < 4.78 is 9.11. The van der Waals surface area contributed by atoms with Crippen LogP contribution in [0.4, 0.5) is 14.4 Å². The number of hydrogen-bond donors (Lipinski definition) is 4. The topological polar surface area (TPSA) is 163 Å². The minimum Gasteiger partial charge on any atom is -0.447 e. The van der Waals surface area contributed by atoms with Crippen LogP contribution in [0.3, 0.4) is 0 Å². The molecule has 1 rings (SSSR count). The summed E-state index contributed by atoms with van der Waals surface area (Å²) in [5.74, 6) is 0. The van der Waals surface area contributed by atoms with Crippen LogP contribution >= 0.6 is 0 Å². The van der Waals surface area contributed by atoms with E-state index in [0.717, 1.165) is 0 Å². The van der Waals surface area contributed by atoms with Crippen molar-refractivity contribution in [2.75, 3.05) is 13.2 Å². The maximum absolute atomic E-state index is 9.88. The second kappa shape index (κ2) is 6.43. The third-order valence-corrected chi connectivity index (χ3v) is 1.06. The van der Waals surface area contributed by atoms with E-state index in [0.29, 0.717) is 13.2 Å². The van der Waals surface area contributed by atoms with Gasteiger partial charge in [-0.3, -0.25) is 5.32 Å². The van der Waals surface area contributed by atoms with Gasteiger partial charge in [-0.2, -0.15) is 0 Å². The SMILES string of the molecule is NC(=O)NC(N)=O.NC(=O)OCC1CO1. The van der Waals surface area contributed by atoms with Gasteiger partial charge in [-0.15, -0.1) is 0 Å². The van der Waals surface area contributed by atoms with Crippen molar-refractivity contribution in [3.8, 4) is 0 Å². The molecule has 0 radical (unpaired) electrons. The van der Waals surface area contributed by atoms with Crippen LogP contribution in [-0.2, 0) is 9.47 Å². The molecule has 9 heteroatoms. The summed E-state index contributed by atoms with van der Waals surface area (Å²) >= 11 is 0. The molecular weight excluding hydrogens is 208 g/mol. The van der Waals surface area contributed by atoms with Crippen molar-refractivity contribution in [2.45, 2.75) is 6.10 Å². The van der Waals surface area contributed by atoms with Crippen molar-refractivity contribution in [3.05, 3.63) is 0 Å². The van der Waals surface area contributed by atoms with Crippen molar-refractivity contribution in [2.24, 2.45) is 17.2 Å². The zero-order valence-electron chi connectivity index (χ0n) is 7.76. The first-order valence-corrected chi connectivity index (χ1v) is 3.81. The Labute approximate surface area is 84.8 Å². The molecule has 1 fully saturated rings. The maximum atomic E-state index is 9.88. The van der Waals surface area contributed by atoms with E-state index in [1.165, 1.54) is 0 Å². The number of carbonyl (C=O) groups excluding carboxylic acids is 3. The van der Waals surface area contributed by atoms with E-state index in [4.69, 9.17) is 4.74 Å². The largest absolute Gasteiger partial charge is 0.447 e. The summed E-state index contributed by atoms with van der Waals surface area (Å²) in [6, 6.07) is -1.88. The second-order valence-corrected chi connectivity index (χ2v) is 2.44. The minimum atomic E-state index is -0.938. The highest BCUT2D eigenvalue weighted by Crippen LogP contribution is 2.07. The number of carbonyl (C=O) groups is 3. The lowest BCUT2D eigenvalue weighted by molar-refractivity contribution is 0.146. The highest BCUT2D eigenvalue weighted by molar-refractivity contribution is 5.91. The van der Waals surface area contributed by atoms with Crippen molar-refractivity contribution in [1.82, 2.24) is 5.32 Å². The highest BCUT2D eigenvalue weighted by atomic mass is 16.6. The first kappa shape index (κ1) is 13.0. The number of primary amides is 3. The Kier molecular flexibility index (Phi) is 5.56. The lowest BCUT2D eigenvalue weighted by Crippen LogP contribution is -2.38. The molecule has 5 amide bonds. The van der Waals surface area contributed by atoms with Crippen LogP contribution in [0, 0.1) is 0 Å². The normalized spacial score (nSPS) is 16.7. The Morgan fingerprint density at radius 1 is 1.27 bits per heavy atom. The smallest absolute Gasteiger partial charge is 0.404 e. The van der Waals surface area contributed by atoms with Gasteiger partial charge in [-0.05, 0) is 0 Å². The summed E-state index contributed by atoms with van der Waals surface area (Å²) in [6.45, 7) is 0.989. The Morgan fingerprint density at radius 3 is 1.93 bits per heavy atom. The van der Waals surface area contributed by atoms with Crippen LogP contribution in [0.15, 0.2) is 0 Å². The predicted molar refractivity (Wildman–Crippen MR) is 47.6 cm³/mol. The minimum absolute atomic E-state index is 0.113. The van der Waals surface area contributed by atoms with E-state index in [-0.39, 0.29) is 6.10 Å². The van der Waals surface area contributed by atoms with Gasteiger partial charge in [-0.1, -0.05) is 0 Å². The van der Waals surface area contributed by atoms with Gasteiger partial charge in [0.25, 0.3) is 0 Å². The van der Waals surface area contributed by atoms with Crippen LogP contribution in [0.5, 0.6) is 0 Å². The highest BCUT2D eigenvalue weighted by Gasteiger charge is 2.23. The van der Waals surface area contributed by atoms with Gasteiger partial charge in [0.05, 0.1) is 6.61 Å². The molecule has 7 N–H and O–H groups in total. The number of nitrogens with one attached hydrogen (secondary N) is 1. The first-order chi connectivity index (χ1) is 6.91. The Bertz CT molecular complexity index is 240. The van der Waals surface area contributed by atoms with E-state index in [1.807, 2.05) is 0 Å². The number of ether oxygens (including phenoxy) is 2. The maximum Gasteiger partial charge on any atom is 0.404 e. The van der Waals surface area contributed by atoms with Crippen LogP contribution in [0.1, 0.15) is 0 Å². The number of hydrogen-bond acceptors (Lipinski definition) is 5. The number of urea groups is 2. The summed E-state index contributed by atoms with van der Waals surface area (Å²) in [7, 11) is 0. The molecule has 0 aromatic carbocycles. The third-order valence-electron chi connectivity index (χ3n) is 1.06. The fourth-order valence-electron chi connectivity index (χ4n) is 0.461. The number of imide groups is 1. The van der Waals surface area contributed by atoms with E-state index >= 15 is 0 Å². The Morgan fingerprint density at radius 2 is 1.73 bits per heavy atom. The van der Waals surface area contributed by atoms with Crippen LogP contribution < -0.4 is 22.5 Å². The van der Waals surface area contributed by atoms with E-state index in [2.05, 4.69) is 21.9 Å². The molecule has 1 aliphatic rings. The van der Waals surface area contributed by atoms with Gasteiger partial charge >= 0.3 is 18.2 Å². The molecule has 0 bridgehead atoms. The Hall–Kier alpha value is -2.03. The molecule has 1 unspecified atom stereocenters. The Balaban J connectivity index is 0.000000265. The number of epoxide rings is 1. The molecule has 1 heterocycles. The third kappa shape index (κ3) is 12.0. The van der Waals surface area contributed by atoms with E-state index in [1.54, 1.807) is 5.32 Å². The lowest BCUT2D eigenvalue weighted by Gasteiger charge is -1.93. The average Bonchev–Trinajstić information content (AvgIpc) is 2.81. The zero-order chi connectivity index (χ0) is 11.8. The lowest BCUT2D eigenvalue weighted by atomic mass is 10.5. The molecule has 0 spiro atoms. The molecule has 1 atom stereocenters. The molecule has 0 saturated carbocycles. The average molecular weight is 220 g/mol. The van der Waals surface area contributed by atoms with Gasteiger partial charge in [0, 0.05) is 0 Å². The van der Waals surface area contributed by atoms with Gasteiger partial charge in [0.2, 0.25) is 0 Å². The van der Waals surface area contributed by atoms with Gasteiger partial charge in [0.15, 0.2) is 0 Å². The van der Waals surface area contributed by atoms with Crippen molar-refractivity contribution >= 4 is 18.2 Å². The van der Waals surface area contributed by atoms with Crippen LogP contribution in [-0.4, -0.2) is 37.5 Å². The number of amides is 5. The molecule has 86 valence electrons. The summed E-state index contributed by atoms with van der Waals surface area (Å²) in [4.78, 5) is 29.1. The van der Waals surface area contributed by atoms with Crippen LogP contribution in [0.2, 0.25) is 0 Å². The van der Waals surface area contributed by atoms with Gasteiger partial charge in [-0.25, -0.2) is 14.4 Å². The van der Waals surface area contributed by atoms with Crippen molar-refractivity contribution in [3.63, 3.8) is 0 Å². The van der Waals surface area contributed by atoms with Crippen LogP contribution in [0.25, 0.3) is 0 Å². The molecule has 0 aromatic rings. The van der Waals surface area contributed by atoms with Crippen molar-refractivity contribution < 1.29 is 23.9 Å². The summed E-state index contributed by atoms with van der Waals surface area (Å²) in [6.07, 6.45) is -0.622. The van der Waals surface area contributed by atoms with Gasteiger partial charge in [0.1, 0.15) is 12.7 Å². The molecule has 15 heavy (non-hydrogen) atoms. The fraction of sp³-hybridized carbons (Fsp3) is 0.500. The quantitative estimate of drug-likeness (QED) is 0.403. The fourth-order valence-corrected chi connectivity index (χ4v) is 0.461. The molecule has 1 saturated heterocycles. The molecule has 0 aromatic heterocycles. The zero-order valence-corrected chi connectivity index (χ0v) is 7.76. The molecule has 9 nitrogen and oxygen atoms in total. The standard InChI is InChI=1S/C4H7NO3.C2H5N3O2/c5-4(6)8-2-3-1-7-3;3-1(6)5-2(4)7/h3H,1-2H2,(H2,5,6);(H5,3,4,5,6,7). The van der Waals surface area contributed by atoms with Crippen molar-refractivity contribution in [1.29, 1.82) is 0 Å². The molecule has 0 aliphatic carbocycles. The first-order valence-electron chi connectivity index (χ1n) is 3.81. The number of rotatable bonds is 2. The van der Waals surface area contributed by atoms with Gasteiger partial charge < -0.3 is 26.7 Å². The van der Waals surface area contributed by atoms with E-state index < -0.39 is 18.2 Å². The second-order valence-electron chi connectivity index (χ2n) is 2.44. The monoisotopic (exact) mass is 220 g/mol.